The highest BCUT2D eigenvalue weighted by molar-refractivity contribution is 5.30. The summed E-state index contributed by atoms with van der Waals surface area (Å²) in [4.78, 5) is 2.54. The minimum atomic E-state index is 0.894. The zero-order valence-electron chi connectivity index (χ0n) is 13.4. The van der Waals surface area contributed by atoms with Gasteiger partial charge in [-0.3, -0.25) is 4.90 Å². The van der Waals surface area contributed by atoms with Crippen LogP contribution in [0.1, 0.15) is 25.0 Å². The number of rotatable bonds is 6. The van der Waals surface area contributed by atoms with E-state index in [9.17, 15) is 0 Å². The van der Waals surface area contributed by atoms with E-state index >= 15 is 0 Å². The van der Waals surface area contributed by atoms with Crippen LogP contribution in [0.4, 0.5) is 0 Å². The van der Waals surface area contributed by atoms with E-state index in [-0.39, 0.29) is 0 Å². The molecule has 0 unspecified atom stereocenters. The Morgan fingerprint density at radius 2 is 1.91 bits per heavy atom. The van der Waals surface area contributed by atoms with Crippen LogP contribution in [0.2, 0.25) is 0 Å². The van der Waals surface area contributed by atoms with E-state index in [0.717, 1.165) is 30.4 Å². The molecular weight excluding hydrogens is 272 g/mol. The number of likely N-dealkylation sites (tertiary alicyclic amines) is 1. The Hall–Kier alpha value is -1.65. The van der Waals surface area contributed by atoms with Gasteiger partial charge < -0.3 is 5.32 Å². The monoisotopic (exact) mass is 298 g/mol. The number of nitrogens with zero attached hydrogens (tertiary/aromatic N) is 3. The average molecular weight is 298 g/mol. The highest BCUT2D eigenvalue weighted by atomic mass is 15.3. The Morgan fingerprint density at radius 3 is 2.64 bits per heavy atom. The second-order valence-electron chi connectivity index (χ2n) is 6.20. The molecule has 0 atom stereocenters. The minimum absolute atomic E-state index is 0.894. The van der Waals surface area contributed by atoms with E-state index in [1.54, 1.807) is 0 Å². The Kier molecular flexibility index (Phi) is 5.24. The van der Waals surface area contributed by atoms with Crippen molar-refractivity contribution in [1.82, 2.24) is 20.0 Å². The number of hydrogen-bond acceptors (Lipinski definition) is 3. The van der Waals surface area contributed by atoms with Crippen molar-refractivity contribution in [2.75, 3.05) is 26.7 Å². The first kappa shape index (κ1) is 15.3. The maximum atomic E-state index is 4.71. The normalized spacial score (nSPS) is 17.0. The molecule has 0 amide bonds. The van der Waals surface area contributed by atoms with Gasteiger partial charge >= 0.3 is 0 Å². The summed E-state index contributed by atoms with van der Waals surface area (Å²) >= 11 is 0. The quantitative estimate of drug-likeness (QED) is 0.890. The fourth-order valence-corrected chi connectivity index (χ4v) is 3.18. The summed E-state index contributed by atoms with van der Waals surface area (Å²) in [7, 11) is 2.04. The van der Waals surface area contributed by atoms with Crippen LogP contribution >= 0.6 is 0 Å². The van der Waals surface area contributed by atoms with Crippen LogP contribution in [-0.4, -0.2) is 41.4 Å². The first-order chi connectivity index (χ1) is 10.8. The lowest BCUT2D eigenvalue weighted by Gasteiger charge is -2.31. The summed E-state index contributed by atoms with van der Waals surface area (Å²) in [5.41, 5.74) is 2.29. The highest BCUT2D eigenvalue weighted by Gasteiger charge is 2.19. The molecule has 1 aromatic carbocycles. The smallest absolute Gasteiger partial charge is 0.0769 e. The predicted octanol–water partition coefficient (Wildman–Crippen LogP) is 2.69. The zero-order chi connectivity index (χ0) is 15.2. The molecule has 2 heterocycles. The van der Waals surface area contributed by atoms with Crippen molar-refractivity contribution in [1.29, 1.82) is 0 Å². The SMILES string of the molecule is CNCCC1CCN(Cc2ccn(-c3ccccc3)n2)CC1. The minimum Gasteiger partial charge on any atom is -0.320 e. The molecule has 0 radical (unpaired) electrons. The molecule has 118 valence electrons. The van der Waals surface area contributed by atoms with Gasteiger partial charge in [-0.2, -0.15) is 5.10 Å². The van der Waals surface area contributed by atoms with Crippen molar-refractivity contribution in [2.24, 2.45) is 5.92 Å². The van der Waals surface area contributed by atoms with E-state index in [4.69, 9.17) is 5.10 Å². The molecule has 0 saturated carbocycles. The standard InChI is InChI=1S/C18H26N4/c1-19-11-7-16-8-12-21(13-9-16)15-17-10-14-22(20-17)18-5-3-2-4-6-18/h2-6,10,14,16,19H,7-9,11-13,15H2,1H3. The van der Waals surface area contributed by atoms with E-state index in [1.807, 2.05) is 29.9 Å². The second kappa shape index (κ2) is 7.56. The van der Waals surface area contributed by atoms with Crippen LogP contribution in [-0.2, 0) is 6.54 Å². The van der Waals surface area contributed by atoms with Crippen molar-refractivity contribution < 1.29 is 0 Å². The predicted molar refractivity (Wildman–Crippen MR) is 90.1 cm³/mol. The molecule has 4 nitrogen and oxygen atoms in total. The summed E-state index contributed by atoms with van der Waals surface area (Å²) in [5.74, 6) is 0.894. The Balaban J connectivity index is 1.51. The van der Waals surface area contributed by atoms with E-state index in [2.05, 4.69) is 34.6 Å². The van der Waals surface area contributed by atoms with Gasteiger partial charge in [0, 0.05) is 12.7 Å². The number of piperidine rings is 1. The van der Waals surface area contributed by atoms with E-state index < -0.39 is 0 Å². The third-order valence-corrected chi connectivity index (χ3v) is 4.56. The molecule has 0 spiro atoms. The van der Waals surface area contributed by atoms with Gasteiger partial charge in [-0.1, -0.05) is 18.2 Å². The fraction of sp³-hybridized carbons (Fsp3) is 0.500. The zero-order valence-corrected chi connectivity index (χ0v) is 13.4. The Labute approximate surface area is 133 Å². The first-order valence-electron chi connectivity index (χ1n) is 8.32. The summed E-state index contributed by atoms with van der Waals surface area (Å²) in [6.07, 6.45) is 6.01. The van der Waals surface area contributed by atoms with Gasteiger partial charge in [0.15, 0.2) is 0 Å². The lowest BCUT2D eigenvalue weighted by Crippen LogP contribution is -2.34. The van der Waals surface area contributed by atoms with Crippen molar-refractivity contribution in [3.63, 3.8) is 0 Å². The Morgan fingerprint density at radius 1 is 1.14 bits per heavy atom. The number of benzene rings is 1. The molecule has 1 N–H and O–H groups in total. The topological polar surface area (TPSA) is 33.1 Å². The summed E-state index contributed by atoms with van der Waals surface area (Å²) in [6.45, 7) is 4.52. The van der Waals surface area contributed by atoms with E-state index in [1.165, 1.54) is 32.4 Å². The largest absolute Gasteiger partial charge is 0.320 e. The fourth-order valence-electron chi connectivity index (χ4n) is 3.18. The summed E-state index contributed by atoms with van der Waals surface area (Å²) in [5, 5.41) is 7.97. The average Bonchev–Trinajstić information content (AvgIpc) is 3.04. The molecule has 0 bridgehead atoms. The van der Waals surface area contributed by atoms with E-state index in [0.29, 0.717) is 0 Å². The summed E-state index contributed by atoms with van der Waals surface area (Å²) < 4.78 is 1.97. The van der Waals surface area contributed by atoms with Crippen LogP contribution in [0.5, 0.6) is 0 Å². The van der Waals surface area contributed by atoms with Gasteiger partial charge in [-0.15, -0.1) is 0 Å². The van der Waals surface area contributed by atoms with Crippen molar-refractivity contribution >= 4 is 0 Å². The van der Waals surface area contributed by atoms with Crippen molar-refractivity contribution in [3.05, 3.63) is 48.3 Å². The lowest BCUT2D eigenvalue weighted by atomic mass is 9.93. The van der Waals surface area contributed by atoms with Gasteiger partial charge in [0.1, 0.15) is 0 Å². The third-order valence-electron chi connectivity index (χ3n) is 4.56. The van der Waals surface area contributed by atoms with Gasteiger partial charge in [0.25, 0.3) is 0 Å². The Bertz CT molecular complexity index is 555. The summed E-state index contributed by atoms with van der Waals surface area (Å²) in [6, 6.07) is 12.4. The molecule has 1 saturated heterocycles. The van der Waals surface area contributed by atoms with Crippen LogP contribution in [0.15, 0.2) is 42.6 Å². The number of aromatic nitrogens is 2. The molecule has 4 heteroatoms. The van der Waals surface area contributed by atoms with Crippen LogP contribution < -0.4 is 5.32 Å². The maximum absolute atomic E-state index is 4.71. The third kappa shape index (κ3) is 3.96. The molecule has 0 aliphatic carbocycles. The number of nitrogens with one attached hydrogen (secondary N) is 1. The molecule has 1 aliphatic heterocycles. The van der Waals surface area contributed by atoms with Gasteiger partial charge in [0.2, 0.25) is 0 Å². The van der Waals surface area contributed by atoms with Crippen LogP contribution in [0.3, 0.4) is 0 Å². The van der Waals surface area contributed by atoms with Crippen molar-refractivity contribution in [2.45, 2.75) is 25.8 Å². The van der Waals surface area contributed by atoms with Gasteiger partial charge in [0.05, 0.1) is 11.4 Å². The maximum Gasteiger partial charge on any atom is 0.0769 e. The number of para-hydroxylation sites is 1. The number of hydrogen-bond donors (Lipinski definition) is 1. The molecule has 22 heavy (non-hydrogen) atoms. The lowest BCUT2D eigenvalue weighted by molar-refractivity contribution is 0.170. The second-order valence-corrected chi connectivity index (χ2v) is 6.20. The van der Waals surface area contributed by atoms with Gasteiger partial charge in [-0.05, 0) is 70.1 Å². The van der Waals surface area contributed by atoms with Gasteiger partial charge in [-0.25, -0.2) is 4.68 Å². The highest BCUT2D eigenvalue weighted by Crippen LogP contribution is 2.21. The molecule has 1 aromatic heterocycles. The molecule has 1 aliphatic rings. The van der Waals surface area contributed by atoms with Crippen LogP contribution in [0, 0.1) is 5.92 Å². The molecule has 1 fully saturated rings. The molecular formula is C18H26N4. The first-order valence-corrected chi connectivity index (χ1v) is 8.32. The van der Waals surface area contributed by atoms with Crippen LogP contribution in [0.25, 0.3) is 5.69 Å². The molecule has 3 rings (SSSR count). The van der Waals surface area contributed by atoms with Crippen molar-refractivity contribution in [3.8, 4) is 5.69 Å². The molecule has 2 aromatic rings.